The maximum atomic E-state index is 10.5. The Morgan fingerprint density at radius 1 is 1.15 bits per heavy atom. The van der Waals surface area contributed by atoms with Crippen molar-refractivity contribution in [2.75, 3.05) is 19.4 Å². The van der Waals surface area contributed by atoms with E-state index >= 15 is 0 Å². The van der Waals surface area contributed by atoms with Gasteiger partial charge in [-0.05, 0) is 42.0 Å². The van der Waals surface area contributed by atoms with Gasteiger partial charge in [0.25, 0.3) is 0 Å². The zero-order chi connectivity index (χ0) is 18.1. The van der Waals surface area contributed by atoms with Gasteiger partial charge in [-0.15, -0.1) is 0 Å². The fourth-order valence-electron chi connectivity index (χ4n) is 3.10. The highest BCUT2D eigenvalue weighted by Gasteiger charge is 2.24. The lowest BCUT2D eigenvalue weighted by atomic mass is 10.0. The van der Waals surface area contributed by atoms with Crippen molar-refractivity contribution in [2.45, 2.75) is 6.23 Å². The molecule has 0 amide bonds. The van der Waals surface area contributed by atoms with Gasteiger partial charge in [0.2, 0.25) is 0 Å². The Kier molecular flexibility index (Phi) is 4.14. The van der Waals surface area contributed by atoms with E-state index in [1.807, 2.05) is 73.6 Å². The molecule has 3 aromatic rings. The van der Waals surface area contributed by atoms with Crippen LogP contribution in [0.2, 0.25) is 0 Å². The van der Waals surface area contributed by atoms with Crippen molar-refractivity contribution in [3.8, 4) is 0 Å². The number of pyridine rings is 1. The Hall–Kier alpha value is -3.18. The second kappa shape index (κ2) is 6.61. The molecule has 5 nitrogen and oxygen atoms in total. The van der Waals surface area contributed by atoms with E-state index in [0.717, 1.165) is 39.0 Å². The normalized spacial score (nSPS) is 17.7. The molecule has 2 N–H and O–H groups in total. The van der Waals surface area contributed by atoms with Crippen molar-refractivity contribution in [3.05, 3.63) is 65.9 Å². The number of benzene rings is 2. The quantitative estimate of drug-likeness (QED) is 0.561. The second-order valence-corrected chi connectivity index (χ2v) is 6.50. The van der Waals surface area contributed by atoms with E-state index in [2.05, 4.69) is 15.3 Å². The molecule has 0 fully saturated rings. The monoisotopic (exact) mass is 344 g/mol. The first kappa shape index (κ1) is 16.3. The number of hydrogen-bond acceptors (Lipinski definition) is 4. The molecule has 130 valence electrons. The van der Waals surface area contributed by atoms with Gasteiger partial charge in [-0.3, -0.25) is 4.98 Å². The van der Waals surface area contributed by atoms with Crippen molar-refractivity contribution in [2.24, 2.45) is 4.99 Å². The predicted octanol–water partition coefficient (Wildman–Crippen LogP) is 3.74. The van der Waals surface area contributed by atoms with E-state index in [4.69, 9.17) is 0 Å². The van der Waals surface area contributed by atoms with Gasteiger partial charge in [-0.2, -0.15) is 0 Å². The number of rotatable bonds is 3. The van der Waals surface area contributed by atoms with Gasteiger partial charge in [-0.25, -0.2) is 4.99 Å². The first-order chi connectivity index (χ1) is 12.6. The molecule has 26 heavy (non-hydrogen) atoms. The maximum Gasteiger partial charge on any atom is 0.151 e. The third-order valence-electron chi connectivity index (χ3n) is 4.33. The lowest BCUT2D eigenvalue weighted by Crippen LogP contribution is -2.12. The molecule has 0 spiro atoms. The smallest absolute Gasteiger partial charge is 0.151 e. The summed E-state index contributed by atoms with van der Waals surface area (Å²) in [5.41, 5.74) is 5.52. The largest absolute Gasteiger partial charge is 0.369 e. The highest BCUT2D eigenvalue weighted by atomic mass is 16.3. The molecule has 4 rings (SSSR count). The molecule has 2 heterocycles. The molecular weight excluding hydrogens is 324 g/mol. The minimum atomic E-state index is -0.745. The van der Waals surface area contributed by atoms with E-state index < -0.39 is 6.23 Å². The van der Waals surface area contributed by atoms with Gasteiger partial charge in [0.15, 0.2) is 6.23 Å². The van der Waals surface area contributed by atoms with Gasteiger partial charge < -0.3 is 15.3 Å². The van der Waals surface area contributed by atoms with Crippen LogP contribution in [-0.2, 0) is 0 Å². The Balaban J connectivity index is 1.80. The van der Waals surface area contributed by atoms with E-state index in [1.165, 1.54) is 0 Å². The summed E-state index contributed by atoms with van der Waals surface area (Å²) < 4.78 is 0. The van der Waals surface area contributed by atoms with Crippen LogP contribution in [0.25, 0.3) is 22.6 Å². The van der Waals surface area contributed by atoms with E-state index in [9.17, 15) is 5.11 Å². The number of aliphatic hydroxyl groups is 1. The third-order valence-corrected chi connectivity index (χ3v) is 4.33. The Labute approximate surface area is 152 Å². The van der Waals surface area contributed by atoms with Crippen LogP contribution < -0.4 is 5.32 Å². The number of aromatic nitrogens is 1. The van der Waals surface area contributed by atoms with E-state index in [0.29, 0.717) is 0 Å². The molecular formula is C21H20N4O. The first-order valence-corrected chi connectivity index (χ1v) is 8.47. The van der Waals surface area contributed by atoms with Crippen molar-refractivity contribution in [3.63, 3.8) is 0 Å². The van der Waals surface area contributed by atoms with Gasteiger partial charge >= 0.3 is 0 Å². The van der Waals surface area contributed by atoms with Gasteiger partial charge in [-0.1, -0.05) is 18.2 Å². The predicted molar refractivity (Wildman–Crippen MR) is 108 cm³/mol. The molecule has 1 aromatic heterocycles. The summed E-state index contributed by atoms with van der Waals surface area (Å²) in [7, 11) is 3.87. The molecule has 0 bridgehead atoms. The van der Waals surface area contributed by atoms with Crippen LogP contribution in [0.3, 0.4) is 0 Å². The Morgan fingerprint density at radius 2 is 2.00 bits per heavy atom. The Bertz CT molecular complexity index is 1020. The van der Waals surface area contributed by atoms with Crippen molar-refractivity contribution in [1.29, 1.82) is 0 Å². The number of para-hydroxylation sites is 1. The first-order valence-electron chi connectivity index (χ1n) is 8.47. The molecule has 2 aromatic carbocycles. The molecule has 1 unspecified atom stereocenters. The van der Waals surface area contributed by atoms with Crippen LogP contribution in [-0.4, -0.2) is 41.7 Å². The highest BCUT2D eigenvalue weighted by Crippen LogP contribution is 2.38. The van der Waals surface area contributed by atoms with Crippen molar-refractivity contribution in [1.82, 2.24) is 9.88 Å². The molecule has 0 radical (unpaired) electrons. The number of nitrogens with one attached hydrogen (secondary N) is 1. The average Bonchev–Trinajstić information content (AvgIpc) is 2.95. The lowest BCUT2D eigenvalue weighted by molar-refractivity contribution is 0.266. The minimum Gasteiger partial charge on any atom is -0.369 e. The summed E-state index contributed by atoms with van der Waals surface area (Å²) in [6.07, 6.45) is 4.83. The molecule has 1 atom stereocenters. The van der Waals surface area contributed by atoms with E-state index in [1.54, 1.807) is 12.5 Å². The molecule has 5 heteroatoms. The summed E-state index contributed by atoms with van der Waals surface area (Å²) in [6, 6.07) is 15.8. The summed E-state index contributed by atoms with van der Waals surface area (Å²) in [5, 5.41) is 14.7. The Morgan fingerprint density at radius 3 is 2.85 bits per heavy atom. The topological polar surface area (TPSA) is 60.8 Å². The number of aliphatic imine (C=N–C) groups is 1. The van der Waals surface area contributed by atoms with Crippen LogP contribution in [0, 0.1) is 0 Å². The SMILES string of the molecule is CN(C)C=Nc1ccc2c(c1)C(=Cc1ccnc3ccccc13)C(O)N2. The van der Waals surface area contributed by atoms with Crippen molar-refractivity contribution >= 4 is 40.3 Å². The van der Waals surface area contributed by atoms with Crippen LogP contribution >= 0.6 is 0 Å². The fourth-order valence-corrected chi connectivity index (χ4v) is 3.10. The highest BCUT2D eigenvalue weighted by molar-refractivity contribution is 5.99. The zero-order valence-electron chi connectivity index (χ0n) is 14.7. The van der Waals surface area contributed by atoms with Crippen LogP contribution in [0.4, 0.5) is 11.4 Å². The van der Waals surface area contributed by atoms with Crippen LogP contribution in [0.1, 0.15) is 11.1 Å². The zero-order valence-corrected chi connectivity index (χ0v) is 14.7. The number of anilines is 1. The molecule has 0 saturated carbocycles. The second-order valence-electron chi connectivity index (χ2n) is 6.50. The minimum absolute atomic E-state index is 0.745. The number of hydrogen-bond donors (Lipinski definition) is 2. The molecule has 0 aliphatic carbocycles. The third kappa shape index (κ3) is 3.05. The van der Waals surface area contributed by atoms with Gasteiger partial charge in [0.1, 0.15) is 0 Å². The van der Waals surface area contributed by atoms with E-state index in [-0.39, 0.29) is 0 Å². The number of aliphatic hydroxyl groups excluding tert-OH is 1. The lowest BCUT2D eigenvalue weighted by Gasteiger charge is -2.07. The number of nitrogens with zero attached hydrogens (tertiary/aromatic N) is 3. The fraction of sp³-hybridized carbons (Fsp3) is 0.143. The van der Waals surface area contributed by atoms with Gasteiger partial charge in [0, 0.05) is 42.5 Å². The number of fused-ring (bicyclic) bond motifs is 2. The summed E-state index contributed by atoms with van der Waals surface area (Å²) in [6.45, 7) is 0. The molecule has 1 aliphatic heterocycles. The standard InChI is InChI=1S/C21H20N4O/c1-25(2)13-23-15-7-8-20-17(12-15)18(21(26)24-20)11-14-9-10-22-19-6-4-3-5-16(14)19/h3-13,21,24,26H,1-2H3. The summed E-state index contributed by atoms with van der Waals surface area (Å²) in [5.74, 6) is 0. The summed E-state index contributed by atoms with van der Waals surface area (Å²) in [4.78, 5) is 10.7. The van der Waals surface area contributed by atoms with Crippen LogP contribution in [0.5, 0.6) is 0 Å². The maximum absolute atomic E-state index is 10.5. The molecule has 0 saturated heterocycles. The van der Waals surface area contributed by atoms with Crippen LogP contribution in [0.15, 0.2) is 59.7 Å². The molecule has 1 aliphatic rings. The van der Waals surface area contributed by atoms with Crippen molar-refractivity contribution < 1.29 is 5.11 Å². The average molecular weight is 344 g/mol. The van der Waals surface area contributed by atoms with Gasteiger partial charge in [0.05, 0.1) is 17.5 Å². The summed E-state index contributed by atoms with van der Waals surface area (Å²) >= 11 is 0.